The second-order valence-electron chi connectivity index (χ2n) is 4.86. The molecular weight excluding hydrogens is 288 g/mol. The lowest BCUT2D eigenvalue weighted by Crippen LogP contribution is -2.37. The van der Waals surface area contributed by atoms with Crippen molar-refractivity contribution < 1.29 is 13.2 Å². The molecule has 1 rings (SSSR count). The van der Waals surface area contributed by atoms with E-state index in [2.05, 4.69) is 6.58 Å². The molecule has 6 heteroatoms. The van der Waals surface area contributed by atoms with E-state index in [1.807, 2.05) is 20.8 Å². The van der Waals surface area contributed by atoms with Crippen LogP contribution in [0.3, 0.4) is 0 Å². The standard InChI is InChI=1S/C15H24N2O3S/c1-5-9-17(12(3)4)21(18,19)14-7-8-15(20-6-2)13(10-14)11-16/h5,7-8,10,12H,1,6,9,11,16H2,2-4H3. The second kappa shape index (κ2) is 7.59. The van der Waals surface area contributed by atoms with Gasteiger partial charge in [0.25, 0.3) is 0 Å². The van der Waals surface area contributed by atoms with Crippen molar-refractivity contribution in [3.05, 3.63) is 36.4 Å². The highest BCUT2D eigenvalue weighted by Crippen LogP contribution is 2.25. The van der Waals surface area contributed by atoms with Crippen molar-refractivity contribution in [1.29, 1.82) is 0 Å². The summed E-state index contributed by atoms with van der Waals surface area (Å²) in [6, 6.07) is 4.64. The molecular formula is C15H24N2O3S. The number of nitrogens with two attached hydrogens (primary N) is 1. The molecule has 0 saturated heterocycles. The van der Waals surface area contributed by atoms with E-state index < -0.39 is 10.0 Å². The smallest absolute Gasteiger partial charge is 0.243 e. The average Bonchev–Trinajstić information content (AvgIpc) is 2.44. The molecule has 0 aliphatic rings. The van der Waals surface area contributed by atoms with E-state index in [-0.39, 0.29) is 24.0 Å². The second-order valence-corrected chi connectivity index (χ2v) is 6.75. The topological polar surface area (TPSA) is 72.6 Å². The van der Waals surface area contributed by atoms with Crippen molar-refractivity contribution in [3.63, 3.8) is 0 Å². The molecule has 0 spiro atoms. The Labute approximate surface area is 127 Å². The van der Waals surface area contributed by atoms with E-state index in [1.54, 1.807) is 24.3 Å². The highest BCUT2D eigenvalue weighted by molar-refractivity contribution is 7.89. The summed E-state index contributed by atoms with van der Waals surface area (Å²) in [6.07, 6.45) is 1.58. The number of ether oxygens (including phenoxy) is 1. The van der Waals surface area contributed by atoms with Crippen LogP contribution in [0.4, 0.5) is 0 Å². The Balaban J connectivity index is 3.27. The van der Waals surface area contributed by atoms with Crippen LogP contribution >= 0.6 is 0 Å². The van der Waals surface area contributed by atoms with Gasteiger partial charge in [0.1, 0.15) is 5.75 Å². The van der Waals surface area contributed by atoms with Gasteiger partial charge in [0.05, 0.1) is 11.5 Å². The summed E-state index contributed by atoms with van der Waals surface area (Å²) >= 11 is 0. The Morgan fingerprint density at radius 2 is 2.10 bits per heavy atom. The third-order valence-corrected chi connectivity index (χ3v) is 5.08. The molecule has 21 heavy (non-hydrogen) atoms. The summed E-state index contributed by atoms with van der Waals surface area (Å²) in [6.45, 7) is 10.2. The number of nitrogens with zero attached hydrogens (tertiary/aromatic N) is 1. The monoisotopic (exact) mass is 312 g/mol. The summed E-state index contributed by atoms with van der Waals surface area (Å²) < 4.78 is 32.2. The molecule has 0 radical (unpaired) electrons. The van der Waals surface area contributed by atoms with Gasteiger partial charge in [-0.15, -0.1) is 6.58 Å². The van der Waals surface area contributed by atoms with Crippen molar-refractivity contribution in [2.45, 2.75) is 38.3 Å². The highest BCUT2D eigenvalue weighted by atomic mass is 32.2. The maximum atomic E-state index is 12.7. The minimum atomic E-state index is -3.58. The van der Waals surface area contributed by atoms with Crippen molar-refractivity contribution in [2.24, 2.45) is 5.73 Å². The molecule has 0 saturated carbocycles. The van der Waals surface area contributed by atoms with Crippen LogP contribution in [0.25, 0.3) is 0 Å². The maximum absolute atomic E-state index is 12.7. The fourth-order valence-electron chi connectivity index (χ4n) is 2.02. The van der Waals surface area contributed by atoms with Crippen molar-refractivity contribution >= 4 is 10.0 Å². The summed E-state index contributed by atoms with van der Waals surface area (Å²) in [5.41, 5.74) is 6.36. The van der Waals surface area contributed by atoms with E-state index in [9.17, 15) is 8.42 Å². The zero-order valence-corrected chi connectivity index (χ0v) is 13.7. The minimum Gasteiger partial charge on any atom is -0.494 e. The van der Waals surface area contributed by atoms with E-state index in [0.717, 1.165) is 0 Å². The van der Waals surface area contributed by atoms with Crippen LogP contribution in [0.1, 0.15) is 26.3 Å². The van der Waals surface area contributed by atoms with E-state index in [0.29, 0.717) is 17.9 Å². The van der Waals surface area contributed by atoms with E-state index >= 15 is 0 Å². The summed E-state index contributed by atoms with van der Waals surface area (Å²) in [7, 11) is -3.58. The van der Waals surface area contributed by atoms with Crippen LogP contribution in [-0.2, 0) is 16.6 Å². The third kappa shape index (κ3) is 4.06. The van der Waals surface area contributed by atoms with Crippen LogP contribution in [-0.4, -0.2) is 31.9 Å². The average molecular weight is 312 g/mol. The van der Waals surface area contributed by atoms with Crippen molar-refractivity contribution in [3.8, 4) is 5.75 Å². The van der Waals surface area contributed by atoms with Crippen molar-refractivity contribution in [2.75, 3.05) is 13.2 Å². The fraction of sp³-hybridized carbons (Fsp3) is 0.467. The minimum absolute atomic E-state index is 0.152. The fourth-order valence-corrected chi connectivity index (χ4v) is 3.68. The van der Waals surface area contributed by atoms with Crippen molar-refractivity contribution in [1.82, 2.24) is 4.31 Å². The van der Waals surface area contributed by atoms with E-state index in [1.165, 1.54) is 4.31 Å². The molecule has 0 fully saturated rings. The first-order valence-corrected chi connectivity index (χ1v) is 8.41. The maximum Gasteiger partial charge on any atom is 0.243 e. The van der Waals surface area contributed by atoms with Gasteiger partial charge in [0.15, 0.2) is 0 Å². The molecule has 118 valence electrons. The number of rotatable bonds is 8. The Kier molecular flexibility index (Phi) is 6.39. The van der Waals surface area contributed by atoms with Gasteiger partial charge in [-0.25, -0.2) is 8.42 Å². The first-order chi connectivity index (χ1) is 9.88. The normalized spacial score (nSPS) is 11.9. The zero-order chi connectivity index (χ0) is 16.0. The molecule has 5 nitrogen and oxygen atoms in total. The largest absolute Gasteiger partial charge is 0.494 e. The Bertz CT molecular complexity index is 583. The van der Waals surface area contributed by atoms with Gasteiger partial charge in [-0.3, -0.25) is 0 Å². The van der Waals surface area contributed by atoms with Crippen LogP contribution < -0.4 is 10.5 Å². The van der Waals surface area contributed by atoms with Gasteiger partial charge in [0, 0.05) is 24.7 Å². The molecule has 2 N–H and O–H groups in total. The first-order valence-electron chi connectivity index (χ1n) is 6.97. The van der Waals surface area contributed by atoms with Gasteiger partial charge in [-0.2, -0.15) is 4.31 Å². The van der Waals surface area contributed by atoms with Gasteiger partial charge in [-0.1, -0.05) is 6.08 Å². The molecule has 1 aromatic rings. The molecule has 0 bridgehead atoms. The Morgan fingerprint density at radius 1 is 1.43 bits per heavy atom. The molecule has 1 aromatic carbocycles. The van der Waals surface area contributed by atoms with E-state index in [4.69, 9.17) is 10.5 Å². The molecule has 0 unspecified atom stereocenters. The third-order valence-electron chi connectivity index (χ3n) is 3.04. The number of sulfonamides is 1. The summed E-state index contributed by atoms with van der Waals surface area (Å²) in [5, 5.41) is 0. The SMILES string of the molecule is C=CCN(C(C)C)S(=O)(=O)c1ccc(OCC)c(CN)c1. The van der Waals surface area contributed by atoms with Crippen LogP contribution in [0, 0.1) is 0 Å². The molecule has 0 atom stereocenters. The van der Waals surface area contributed by atoms with Gasteiger partial charge < -0.3 is 10.5 Å². The Hall–Kier alpha value is -1.37. The van der Waals surface area contributed by atoms with Gasteiger partial charge in [-0.05, 0) is 39.0 Å². The molecule has 0 aromatic heterocycles. The lowest BCUT2D eigenvalue weighted by Gasteiger charge is -2.25. The summed E-state index contributed by atoms with van der Waals surface area (Å²) in [5.74, 6) is 0.624. The van der Waals surface area contributed by atoms with Crippen LogP contribution in [0.2, 0.25) is 0 Å². The quantitative estimate of drug-likeness (QED) is 0.746. The number of benzene rings is 1. The molecule has 0 aliphatic carbocycles. The molecule has 0 amide bonds. The van der Waals surface area contributed by atoms with Gasteiger partial charge >= 0.3 is 0 Å². The first kappa shape index (κ1) is 17.7. The van der Waals surface area contributed by atoms with Gasteiger partial charge in [0.2, 0.25) is 10.0 Å². The zero-order valence-electron chi connectivity index (χ0n) is 12.9. The summed E-state index contributed by atoms with van der Waals surface area (Å²) in [4.78, 5) is 0.224. The number of hydrogen-bond acceptors (Lipinski definition) is 4. The lowest BCUT2D eigenvalue weighted by atomic mass is 10.2. The molecule has 0 aliphatic heterocycles. The van der Waals surface area contributed by atoms with Crippen LogP contribution in [0.15, 0.2) is 35.7 Å². The number of hydrogen-bond donors (Lipinski definition) is 1. The predicted octanol–water partition coefficient (Wildman–Crippen LogP) is 2.13. The lowest BCUT2D eigenvalue weighted by molar-refractivity contribution is 0.336. The highest BCUT2D eigenvalue weighted by Gasteiger charge is 2.26. The predicted molar refractivity (Wildman–Crippen MR) is 84.7 cm³/mol. The van der Waals surface area contributed by atoms with Crippen LogP contribution in [0.5, 0.6) is 5.75 Å². The Morgan fingerprint density at radius 3 is 2.57 bits per heavy atom. The molecule has 0 heterocycles.